The summed E-state index contributed by atoms with van der Waals surface area (Å²) in [6.07, 6.45) is -3.02. The van der Waals surface area contributed by atoms with Crippen molar-refractivity contribution in [3.8, 4) is 0 Å². The van der Waals surface area contributed by atoms with Crippen LogP contribution in [0.3, 0.4) is 0 Å². The van der Waals surface area contributed by atoms with Gasteiger partial charge >= 0.3 is 6.18 Å². The normalized spacial score (nSPS) is 12.0. The van der Waals surface area contributed by atoms with Crippen LogP contribution in [0.5, 0.6) is 0 Å². The molecule has 0 aliphatic carbocycles. The second-order valence-electron chi connectivity index (χ2n) is 4.79. The number of rotatable bonds is 3. The molecule has 10 heteroatoms. The molecule has 6 nitrogen and oxygen atoms in total. The minimum absolute atomic E-state index is 0.0702. The maximum Gasteiger partial charge on any atom is 0.435 e. The van der Waals surface area contributed by atoms with Crippen LogP contribution in [0, 0.1) is 0 Å². The molecule has 0 bridgehead atoms. The molecule has 0 aliphatic heterocycles. The van der Waals surface area contributed by atoms with Gasteiger partial charge in [-0.3, -0.25) is 9.48 Å². The van der Waals surface area contributed by atoms with Crippen LogP contribution in [-0.4, -0.2) is 25.5 Å². The van der Waals surface area contributed by atoms with Crippen LogP contribution >= 0.6 is 11.3 Å². The van der Waals surface area contributed by atoms with Gasteiger partial charge in [0.25, 0.3) is 5.91 Å². The number of hydrogen-bond acceptors (Lipinski definition) is 4. The van der Waals surface area contributed by atoms with Crippen molar-refractivity contribution in [1.29, 1.82) is 0 Å². The zero-order valence-electron chi connectivity index (χ0n) is 12.2. The summed E-state index contributed by atoms with van der Waals surface area (Å²) in [7, 11) is 1.42. The molecule has 0 aliphatic rings. The molecular formula is C13H12F3N5OS. The average molecular weight is 343 g/mol. The summed E-state index contributed by atoms with van der Waals surface area (Å²) in [5, 5.41) is 10.1. The zero-order valence-corrected chi connectivity index (χ0v) is 13.0. The van der Waals surface area contributed by atoms with E-state index in [0.29, 0.717) is 17.2 Å². The SMILES string of the molecule is CCn1nccc1NC(=O)c1cc2c(C(F)(F)F)nn(C)c2s1. The number of alkyl halides is 3. The Morgan fingerprint density at radius 2 is 2.17 bits per heavy atom. The number of carbonyl (C=O) groups excluding carboxylic acids is 1. The molecule has 3 heterocycles. The minimum atomic E-state index is -4.56. The first-order chi connectivity index (χ1) is 10.8. The molecule has 3 aromatic rings. The molecule has 0 atom stereocenters. The summed E-state index contributed by atoms with van der Waals surface area (Å²) in [4.78, 5) is 12.7. The summed E-state index contributed by atoms with van der Waals surface area (Å²) < 4.78 is 41.6. The number of anilines is 1. The van der Waals surface area contributed by atoms with E-state index < -0.39 is 17.8 Å². The third-order valence-electron chi connectivity index (χ3n) is 3.26. The highest BCUT2D eigenvalue weighted by atomic mass is 32.1. The Kier molecular flexibility index (Phi) is 3.63. The number of nitrogens with zero attached hydrogens (tertiary/aromatic N) is 4. The van der Waals surface area contributed by atoms with Crippen molar-refractivity contribution >= 4 is 33.3 Å². The molecule has 122 valence electrons. The second kappa shape index (κ2) is 5.37. The number of fused-ring (bicyclic) bond motifs is 1. The van der Waals surface area contributed by atoms with Crippen molar-refractivity contribution in [2.24, 2.45) is 7.05 Å². The van der Waals surface area contributed by atoms with Gasteiger partial charge in [-0.05, 0) is 13.0 Å². The quantitative estimate of drug-likeness (QED) is 0.795. The van der Waals surface area contributed by atoms with Crippen molar-refractivity contribution in [2.45, 2.75) is 19.6 Å². The first kappa shape index (κ1) is 15.5. The van der Waals surface area contributed by atoms with Gasteiger partial charge < -0.3 is 5.32 Å². The predicted molar refractivity (Wildman–Crippen MR) is 79.4 cm³/mol. The van der Waals surface area contributed by atoms with E-state index in [0.717, 1.165) is 16.0 Å². The summed E-state index contributed by atoms with van der Waals surface area (Å²) in [5.41, 5.74) is -0.983. The highest BCUT2D eigenvalue weighted by Crippen LogP contribution is 2.37. The fourth-order valence-electron chi connectivity index (χ4n) is 2.23. The predicted octanol–water partition coefficient (Wildman–Crippen LogP) is 3.12. The lowest BCUT2D eigenvalue weighted by atomic mass is 10.3. The van der Waals surface area contributed by atoms with Gasteiger partial charge in [0, 0.05) is 25.0 Å². The molecule has 0 aromatic carbocycles. The summed E-state index contributed by atoms with van der Waals surface area (Å²) in [5.74, 6) is 0.0126. The molecule has 23 heavy (non-hydrogen) atoms. The monoisotopic (exact) mass is 343 g/mol. The van der Waals surface area contributed by atoms with Crippen molar-refractivity contribution in [3.63, 3.8) is 0 Å². The Labute approximate surface area is 132 Å². The standard InChI is InChI=1S/C13H12F3N5OS/c1-3-21-9(4-5-17-21)18-11(22)8-6-7-10(13(14,15)16)19-20(2)12(7)23-8/h4-6H,3H2,1-2H3,(H,18,22). The number of nitrogens with one attached hydrogen (secondary N) is 1. The number of aromatic nitrogens is 4. The minimum Gasteiger partial charge on any atom is -0.306 e. The number of hydrogen-bond donors (Lipinski definition) is 1. The van der Waals surface area contributed by atoms with E-state index in [4.69, 9.17) is 0 Å². The molecule has 0 unspecified atom stereocenters. The summed E-state index contributed by atoms with van der Waals surface area (Å²) >= 11 is 0.963. The first-order valence-electron chi connectivity index (χ1n) is 6.68. The molecule has 0 radical (unpaired) electrons. The lowest BCUT2D eigenvalue weighted by molar-refractivity contribution is -0.140. The van der Waals surface area contributed by atoms with Gasteiger partial charge in [0.1, 0.15) is 10.6 Å². The van der Waals surface area contributed by atoms with Crippen LogP contribution in [0.15, 0.2) is 18.3 Å². The molecule has 0 saturated carbocycles. The first-order valence-corrected chi connectivity index (χ1v) is 7.49. The fourth-order valence-corrected chi connectivity index (χ4v) is 3.20. The van der Waals surface area contributed by atoms with E-state index in [1.165, 1.54) is 19.3 Å². The number of amides is 1. The van der Waals surface area contributed by atoms with Gasteiger partial charge in [0.15, 0.2) is 5.69 Å². The Morgan fingerprint density at radius 1 is 1.43 bits per heavy atom. The third kappa shape index (κ3) is 2.69. The maximum absolute atomic E-state index is 13.0. The van der Waals surface area contributed by atoms with Gasteiger partial charge in [-0.15, -0.1) is 11.3 Å². The average Bonchev–Trinajstić information content (AvgIpc) is 3.14. The molecule has 0 saturated heterocycles. The van der Waals surface area contributed by atoms with Crippen molar-refractivity contribution < 1.29 is 18.0 Å². The second-order valence-corrected chi connectivity index (χ2v) is 5.82. The van der Waals surface area contributed by atoms with Crippen molar-refractivity contribution in [2.75, 3.05) is 5.32 Å². The van der Waals surface area contributed by atoms with Crippen LogP contribution in [-0.2, 0) is 19.8 Å². The third-order valence-corrected chi connectivity index (χ3v) is 4.46. The molecular weight excluding hydrogens is 331 g/mol. The van der Waals surface area contributed by atoms with E-state index >= 15 is 0 Å². The Bertz CT molecular complexity index is 876. The van der Waals surface area contributed by atoms with Crippen LogP contribution < -0.4 is 5.32 Å². The van der Waals surface area contributed by atoms with Crippen LogP contribution in [0.1, 0.15) is 22.3 Å². The lowest BCUT2D eigenvalue weighted by Crippen LogP contribution is -2.14. The molecule has 3 aromatic heterocycles. The van der Waals surface area contributed by atoms with E-state index in [1.807, 2.05) is 6.92 Å². The lowest BCUT2D eigenvalue weighted by Gasteiger charge is -2.05. The number of halogens is 3. The highest BCUT2D eigenvalue weighted by molar-refractivity contribution is 7.20. The van der Waals surface area contributed by atoms with Crippen molar-refractivity contribution in [1.82, 2.24) is 19.6 Å². The topological polar surface area (TPSA) is 64.7 Å². The highest BCUT2D eigenvalue weighted by Gasteiger charge is 2.37. The largest absolute Gasteiger partial charge is 0.435 e. The molecule has 3 rings (SSSR count). The molecule has 0 fully saturated rings. The molecule has 1 N–H and O–H groups in total. The van der Waals surface area contributed by atoms with Gasteiger partial charge in [0.2, 0.25) is 0 Å². The van der Waals surface area contributed by atoms with Gasteiger partial charge in [0.05, 0.1) is 11.1 Å². The zero-order chi connectivity index (χ0) is 16.8. The fraction of sp³-hybridized carbons (Fsp3) is 0.308. The number of thiophene rings is 1. The summed E-state index contributed by atoms with van der Waals surface area (Å²) in [6, 6.07) is 2.84. The Balaban J connectivity index is 1.96. The van der Waals surface area contributed by atoms with E-state index in [9.17, 15) is 18.0 Å². The van der Waals surface area contributed by atoms with Gasteiger partial charge in [-0.2, -0.15) is 23.4 Å². The number of aryl methyl sites for hydroxylation is 2. The van der Waals surface area contributed by atoms with E-state index in [1.54, 1.807) is 10.7 Å². The van der Waals surface area contributed by atoms with Gasteiger partial charge in [-0.1, -0.05) is 0 Å². The smallest absolute Gasteiger partial charge is 0.306 e. The van der Waals surface area contributed by atoms with Crippen molar-refractivity contribution in [3.05, 3.63) is 28.9 Å². The van der Waals surface area contributed by atoms with Gasteiger partial charge in [-0.25, -0.2) is 4.68 Å². The molecule has 1 amide bonds. The van der Waals surface area contributed by atoms with E-state index in [-0.39, 0.29) is 10.3 Å². The molecule has 0 spiro atoms. The Morgan fingerprint density at radius 3 is 2.83 bits per heavy atom. The van der Waals surface area contributed by atoms with Crippen LogP contribution in [0.4, 0.5) is 19.0 Å². The van der Waals surface area contributed by atoms with Crippen LogP contribution in [0.2, 0.25) is 0 Å². The van der Waals surface area contributed by atoms with Crippen LogP contribution in [0.25, 0.3) is 10.2 Å². The number of carbonyl (C=O) groups is 1. The van der Waals surface area contributed by atoms with E-state index in [2.05, 4.69) is 15.5 Å². The Hall–Kier alpha value is -2.36. The maximum atomic E-state index is 13.0. The summed E-state index contributed by atoms with van der Waals surface area (Å²) in [6.45, 7) is 2.43.